The molecule has 2 nitrogen and oxygen atoms in total. The maximum Gasteiger partial charge on any atom is 0.417 e. The lowest BCUT2D eigenvalue weighted by Crippen LogP contribution is -2.07. The van der Waals surface area contributed by atoms with E-state index in [9.17, 15) is 13.2 Å². The van der Waals surface area contributed by atoms with E-state index in [0.717, 1.165) is 11.6 Å². The van der Waals surface area contributed by atoms with E-state index in [1.165, 1.54) is 12.1 Å². The topological polar surface area (TPSA) is 35.2 Å². The first-order valence-electron chi connectivity index (χ1n) is 7.68. The van der Waals surface area contributed by atoms with Gasteiger partial charge in [0, 0.05) is 17.3 Å². The second-order valence-corrected chi connectivity index (χ2v) is 5.57. The summed E-state index contributed by atoms with van der Waals surface area (Å²) in [5.74, 6) is 0.509. The molecule has 0 fully saturated rings. The van der Waals surface area contributed by atoms with E-state index in [2.05, 4.69) is 0 Å². The molecule has 0 aliphatic carbocycles. The number of benzene rings is 3. The van der Waals surface area contributed by atoms with Gasteiger partial charge < -0.3 is 10.5 Å². The van der Waals surface area contributed by atoms with Crippen molar-refractivity contribution in [3.8, 4) is 16.9 Å². The van der Waals surface area contributed by atoms with Crippen molar-refractivity contribution in [1.29, 1.82) is 0 Å². The van der Waals surface area contributed by atoms with Crippen LogP contribution in [0.1, 0.15) is 11.1 Å². The first-order chi connectivity index (χ1) is 11.9. The zero-order valence-electron chi connectivity index (χ0n) is 13.3. The Hall–Kier alpha value is -2.95. The summed E-state index contributed by atoms with van der Waals surface area (Å²) >= 11 is 0. The van der Waals surface area contributed by atoms with Gasteiger partial charge in [-0.05, 0) is 29.3 Å². The van der Waals surface area contributed by atoms with Crippen LogP contribution >= 0.6 is 0 Å². The maximum atomic E-state index is 13.2. The Balaban J connectivity index is 1.86. The van der Waals surface area contributed by atoms with E-state index in [4.69, 9.17) is 10.5 Å². The number of halogens is 3. The van der Waals surface area contributed by atoms with Gasteiger partial charge in [0.15, 0.2) is 0 Å². The molecule has 0 atom stereocenters. The number of hydrogen-bond donors (Lipinski definition) is 1. The van der Waals surface area contributed by atoms with Crippen LogP contribution in [-0.4, -0.2) is 0 Å². The van der Waals surface area contributed by atoms with E-state index in [0.29, 0.717) is 17.9 Å². The third kappa shape index (κ3) is 3.94. The number of ether oxygens (including phenoxy) is 1. The highest BCUT2D eigenvalue weighted by atomic mass is 19.4. The van der Waals surface area contributed by atoms with Crippen LogP contribution < -0.4 is 10.5 Å². The van der Waals surface area contributed by atoms with Crippen molar-refractivity contribution in [2.24, 2.45) is 0 Å². The predicted octanol–water partition coefficient (Wildman–Crippen LogP) is 5.53. The van der Waals surface area contributed by atoms with Gasteiger partial charge in [-0.1, -0.05) is 48.5 Å². The van der Waals surface area contributed by atoms with Crippen molar-refractivity contribution in [3.63, 3.8) is 0 Å². The van der Waals surface area contributed by atoms with Gasteiger partial charge in [-0.25, -0.2) is 0 Å². The Morgan fingerprint density at radius 3 is 2.16 bits per heavy atom. The highest BCUT2D eigenvalue weighted by Crippen LogP contribution is 2.39. The molecule has 0 saturated carbocycles. The van der Waals surface area contributed by atoms with Crippen molar-refractivity contribution in [2.75, 3.05) is 5.73 Å². The van der Waals surface area contributed by atoms with Crippen LogP contribution in [0.4, 0.5) is 18.9 Å². The number of nitrogen functional groups attached to an aromatic ring is 1. The van der Waals surface area contributed by atoms with Gasteiger partial charge >= 0.3 is 6.18 Å². The third-order valence-corrected chi connectivity index (χ3v) is 3.79. The molecule has 0 bridgehead atoms. The number of rotatable bonds is 4. The molecule has 0 saturated heterocycles. The van der Waals surface area contributed by atoms with Crippen LogP contribution in [0.25, 0.3) is 11.1 Å². The summed E-state index contributed by atoms with van der Waals surface area (Å²) in [7, 11) is 0. The summed E-state index contributed by atoms with van der Waals surface area (Å²) < 4.78 is 45.2. The minimum Gasteiger partial charge on any atom is -0.489 e. The SMILES string of the molecule is Nc1cc(OCc2ccccc2)ccc1-c1ccccc1C(F)(F)F. The molecule has 3 aromatic rings. The van der Waals surface area contributed by atoms with Crippen LogP contribution in [0.5, 0.6) is 5.75 Å². The number of anilines is 1. The lowest BCUT2D eigenvalue weighted by molar-refractivity contribution is -0.137. The maximum absolute atomic E-state index is 13.2. The second-order valence-electron chi connectivity index (χ2n) is 5.57. The van der Waals surface area contributed by atoms with Crippen molar-refractivity contribution in [2.45, 2.75) is 12.8 Å². The predicted molar refractivity (Wildman–Crippen MR) is 92.1 cm³/mol. The molecule has 0 radical (unpaired) electrons. The monoisotopic (exact) mass is 343 g/mol. The molecule has 0 spiro atoms. The van der Waals surface area contributed by atoms with E-state index < -0.39 is 11.7 Å². The van der Waals surface area contributed by atoms with Gasteiger partial charge in [-0.2, -0.15) is 13.2 Å². The fourth-order valence-corrected chi connectivity index (χ4v) is 2.58. The lowest BCUT2D eigenvalue weighted by atomic mass is 9.98. The Morgan fingerprint density at radius 2 is 1.48 bits per heavy atom. The minimum absolute atomic E-state index is 0.0575. The highest BCUT2D eigenvalue weighted by molar-refractivity contribution is 5.79. The fraction of sp³-hybridized carbons (Fsp3) is 0.100. The van der Waals surface area contributed by atoms with Gasteiger partial charge in [0.25, 0.3) is 0 Å². The van der Waals surface area contributed by atoms with Crippen LogP contribution in [0.3, 0.4) is 0 Å². The van der Waals surface area contributed by atoms with Gasteiger partial charge in [-0.3, -0.25) is 0 Å². The van der Waals surface area contributed by atoms with Crippen LogP contribution in [0.15, 0.2) is 72.8 Å². The fourth-order valence-electron chi connectivity index (χ4n) is 2.58. The molecular formula is C20H16F3NO. The van der Waals surface area contributed by atoms with Crippen molar-refractivity contribution < 1.29 is 17.9 Å². The van der Waals surface area contributed by atoms with Gasteiger partial charge in [0.2, 0.25) is 0 Å². The molecule has 3 aromatic carbocycles. The lowest BCUT2D eigenvalue weighted by Gasteiger charge is -2.15. The van der Waals surface area contributed by atoms with Gasteiger partial charge in [-0.15, -0.1) is 0 Å². The smallest absolute Gasteiger partial charge is 0.417 e. The Bertz CT molecular complexity index is 860. The van der Waals surface area contributed by atoms with E-state index in [1.807, 2.05) is 30.3 Å². The summed E-state index contributed by atoms with van der Waals surface area (Å²) in [6.45, 7) is 0.360. The molecule has 0 heterocycles. The normalized spacial score (nSPS) is 11.3. The third-order valence-electron chi connectivity index (χ3n) is 3.79. The van der Waals surface area contributed by atoms with Crippen LogP contribution in [-0.2, 0) is 12.8 Å². The summed E-state index contributed by atoms with van der Waals surface area (Å²) in [5, 5.41) is 0. The number of hydrogen-bond acceptors (Lipinski definition) is 2. The summed E-state index contributed by atoms with van der Waals surface area (Å²) in [5.41, 5.74) is 6.90. The number of alkyl halides is 3. The molecule has 5 heteroatoms. The van der Waals surface area contributed by atoms with Crippen molar-refractivity contribution in [3.05, 3.63) is 83.9 Å². The molecular weight excluding hydrogens is 327 g/mol. The Morgan fingerprint density at radius 1 is 0.800 bits per heavy atom. The molecule has 0 aromatic heterocycles. The summed E-state index contributed by atoms with van der Waals surface area (Å²) in [6, 6.07) is 19.7. The van der Waals surface area contributed by atoms with Gasteiger partial charge in [0.05, 0.1) is 5.56 Å². The molecule has 0 aliphatic rings. The van der Waals surface area contributed by atoms with E-state index in [1.54, 1.807) is 24.3 Å². The zero-order valence-corrected chi connectivity index (χ0v) is 13.3. The van der Waals surface area contributed by atoms with E-state index in [-0.39, 0.29) is 11.3 Å². The van der Waals surface area contributed by atoms with Crippen LogP contribution in [0, 0.1) is 0 Å². The Labute approximate surface area is 143 Å². The van der Waals surface area contributed by atoms with E-state index >= 15 is 0 Å². The molecule has 2 N–H and O–H groups in total. The first kappa shape index (κ1) is 16.9. The average molecular weight is 343 g/mol. The Kier molecular flexibility index (Phi) is 4.65. The highest BCUT2D eigenvalue weighted by Gasteiger charge is 2.33. The van der Waals surface area contributed by atoms with Crippen molar-refractivity contribution in [1.82, 2.24) is 0 Å². The first-order valence-corrected chi connectivity index (χ1v) is 7.68. The molecule has 3 rings (SSSR count). The van der Waals surface area contributed by atoms with Crippen molar-refractivity contribution >= 4 is 5.69 Å². The second kappa shape index (κ2) is 6.89. The largest absolute Gasteiger partial charge is 0.489 e. The van der Waals surface area contributed by atoms with Gasteiger partial charge in [0.1, 0.15) is 12.4 Å². The molecule has 0 amide bonds. The molecule has 0 unspecified atom stereocenters. The summed E-state index contributed by atoms with van der Waals surface area (Å²) in [4.78, 5) is 0. The summed E-state index contributed by atoms with van der Waals surface area (Å²) in [6.07, 6.45) is -4.44. The standard InChI is InChI=1S/C20H16F3NO/c21-20(22,23)18-9-5-4-8-16(18)17-11-10-15(12-19(17)24)25-13-14-6-2-1-3-7-14/h1-12H,13,24H2. The van der Waals surface area contributed by atoms with Crippen LogP contribution in [0.2, 0.25) is 0 Å². The molecule has 25 heavy (non-hydrogen) atoms. The number of nitrogens with two attached hydrogens (primary N) is 1. The average Bonchev–Trinajstić information content (AvgIpc) is 2.60. The molecule has 0 aliphatic heterocycles. The molecule has 128 valence electrons. The minimum atomic E-state index is -4.44. The quantitative estimate of drug-likeness (QED) is 0.632. The zero-order chi connectivity index (χ0) is 17.9.